The summed E-state index contributed by atoms with van der Waals surface area (Å²) in [5, 5.41) is 0. The van der Waals surface area contributed by atoms with Gasteiger partial charge in [-0.15, -0.1) is 0 Å². The van der Waals surface area contributed by atoms with E-state index >= 15 is 0 Å². The molecular formula is C7H7F2NO. The molecule has 0 aliphatic carbocycles. The van der Waals surface area contributed by atoms with Gasteiger partial charge < -0.3 is 4.74 Å². The van der Waals surface area contributed by atoms with Gasteiger partial charge in [-0.1, -0.05) is 0 Å². The van der Waals surface area contributed by atoms with E-state index < -0.39 is 11.8 Å². The largest absolute Gasteiger partial charge is 0.476 e. The number of ether oxygens (including phenoxy) is 1. The quantitative estimate of drug-likeness (QED) is 0.613. The molecule has 0 fully saturated rings. The number of hydrogen-bond donors (Lipinski definition) is 0. The number of halogens is 2. The number of hydrogen-bond acceptors (Lipinski definition) is 2. The molecule has 0 aliphatic heterocycles. The lowest BCUT2D eigenvalue weighted by Gasteiger charge is -2.01. The average molecular weight is 159 g/mol. The Hall–Kier alpha value is -1.19. The van der Waals surface area contributed by atoms with Crippen molar-refractivity contribution in [1.82, 2.24) is 4.98 Å². The van der Waals surface area contributed by atoms with Crippen LogP contribution in [-0.4, -0.2) is 11.6 Å². The van der Waals surface area contributed by atoms with Crippen molar-refractivity contribution in [3.63, 3.8) is 0 Å². The second-order valence-corrected chi connectivity index (χ2v) is 1.85. The Labute approximate surface area is 62.8 Å². The van der Waals surface area contributed by atoms with E-state index in [1.807, 2.05) is 0 Å². The van der Waals surface area contributed by atoms with Gasteiger partial charge in [-0.3, -0.25) is 0 Å². The second kappa shape index (κ2) is 3.27. The van der Waals surface area contributed by atoms with Crippen LogP contribution in [-0.2, 0) is 0 Å². The number of rotatable bonds is 2. The first-order valence-corrected chi connectivity index (χ1v) is 3.19. The van der Waals surface area contributed by atoms with Crippen LogP contribution in [0.3, 0.4) is 0 Å². The van der Waals surface area contributed by atoms with E-state index in [4.69, 9.17) is 4.74 Å². The summed E-state index contributed by atoms with van der Waals surface area (Å²) in [6.45, 7) is 1.94. The van der Waals surface area contributed by atoms with Crippen LogP contribution in [0.5, 0.6) is 5.88 Å². The van der Waals surface area contributed by atoms with Crippen LogP contribution >= 0.6 is 0 Å². The van der Waals surface area contributed by atoms with Crippen molar-refractivity contribution in [2.75, 3.05) is 6.61 Å². The Morgan fingerprint density at radius 2 is 2.18 bits per heavy atom. The van der Waals surface area contributed by atoms with Gasteiger partial charge in [0, 0.05) is 0 Å². The number of pyridine rings is 1. The molecule has 1 aromatic heterocycles. The first-order valence-electron chi connectivity index (χ1n) is 3.19. The molecule has 1 rings (SSSR count). The smallest absolute Gasteiger partial charge is 0.253 e. The third-order valence-electron chi connectivity index (χ3n) is 1.06. The van der Waals surface area contributed by atoms with Gasteiger partial charge in [0.1, 0.15) is 0 Å². The standard InChI is InChI=1S/C7H7F2NO/c1-2-11-7-5(8)3-4-6(9)10-7/h3-4H,2H2,1H3. The molecule has 60 valence electrons. The predicted octanol–water partition coefficient (Wildman–Crippen LogP) is 1.76. The lowest BCUT2D eigenvalue weighted by atomic mass is 10.4. The normalized spacial score (nSPS) is 9.73. The van der Waals surface area contributed by atoms with E-state index in [9.17, 15) is 8.78 Å². The monoisotopic (exact) mass is 159 g/mol. The molecule has 0 saturated carbocycles. The lowest BCUT2D eigenvalue weighted by molar-refractivity contribution is 0.301. The van der Waals surface area contributed by atoms with Crippen LogP contribution in [0.4, 0.5) is 8.78 Å². The third-order valence-corrected chi connectivity index (χ3v) is 1.06. The minimum absolute atomic E-state index is 0.271. The zero-order valence-electron chi connectivity index (χ0n) is 5.97. The van der Waals surface area contributed by atoms with E-state index in [1.54, 1.807) is 6.92 Å². The van der Waals surface area contributed by atoms with Crippen molar-refractivity contribution in [1.29, 1.82) is 0 Å². The summed E-state index contributed by atoms with van der Waals surface area (Å²) in [5.74, 6) is -1.67. The van der Waals surface area contributed by atoms with Crippen LogP contribution in [0.1, 0.15) is 6.92 Å². The number of nitrogens with zero attached hydrogens (tertiary/aromatic N) is 1. The van der Waals surface area contributed by atoms with Gasteiger partial charge in [0.15, 0.2) is 5.82 Å². The third kappa shape index (κ3) is 1.86. The lowest BCUT2D eigenvalue weighted by Crippen LogP contribution is -1.98. The maximum atomic E-state index is 12.6. The second-order valence-electron chi connectivity index (χ2n) is 1.85. The van der Waals surface area contributed by atoms with Crippen molar-refractivity contribution in [2.24, 2.45) is 0 Å². The summed E-state index contributed by atoms with van der Waals surface area (Å²) in [5.41, 5.74) is 0. The highest BCUT2D eigenvalue weighted by Crippen LogP contribution is 2.12. The molecule has 0 amide bonds. The highest BCUT2D eigenvalue weighted by molar-refractivity contribution is 5.13. The first kappa shape index (κ1) is 7.91. The Morgan fingerprint density at radius 1 is 1.45 bits per heavy atom. The fraction of sp³-hybridized carbons (Fsp3) is 0.286. The average Bonchev–Trinajstić information content (AvgIpc) is 1.98. The molecule has 1 heterocycles. The fourth-order valence-corrected chi connectivity index (χ4v) is 0.639. The summed E-state index contributed by atoms with van der Waals surface area (Å²) in [6, 6.07) is 1.92. The SMILES string of the molecule is CCOc1nc(F)ccc1F. The molecule has 0 aliphatic rings. The van der Waals surface area contributed by atoms with Crippen molar-refractivity contribution in [2.45, 2.75) is 6.92 Å². The van der Waals surface area contributed by atoms with Gasteiger partial charge in [0.2, 0.25) is 5.95 Å². The maximum Gasteiger partial charge on any atom is 0.253 e. The minimum Gasteiger partial charge on any atom is -0.476 e. The van der Waals surface area contributed by atoms with Crippen LogP contribution in [0, 0.1) is 11.8 Å². The van der Waals surface area contributed by atoms with E-state index in [1.165, 1.54) is 0 Å². The molecule has 0 N–H and O–H groups in total. The topological polar surface area (TPSA) is 22.1 Å². The number of aromatic nitrogens is 1. The minimum atomic E-state index is -0.741. The van der Waals surface area contributed by atoms with Crippen molar-refractivity contribution in [3.8, 4) is 5.88 Å². The summed E-state index contributed by atoms with van der Waals surface area (Å²) >= 11 is 0. The van der Waals surface area contributed by atoms with Gasteiger partial charge in [0.25, 0.3) is 5.88 Å². The molecule has 11 heavy (non-hydrogen) atoms. The molecule has 0 unspecified atom stereocenters. The first-order chi connectivity index (χ1) is 5.24. The van der Waals surface area contributed by atoms with Crippen LogP contribution in [0.2, 0.25) is 0 Å². The summed E-state index contributed by atoms with van der Waals surface area (Å²) in [4.78, 5) is 3.20. The van der Waals surface area contributed by atoms with E-state index in [2.05, 4.69) is 4.98 Å². The molecule has 0 radical (unpaired) electrons. The summed E-state index contributed by atoms with van der Waals surface area (Å²) in [7, 11) is 0. The zero-order valence-corrected chi connectivity index (χ0v) is 5.97. The zero-order chi connectivity index (χ0) is 8.27. The van der Waals surface area contributed by atoms with Crippen LogP contribution in [0.15, 0.2) is 12.1 Å². The van der Waals surface area contributed by atoms with E-state index in [-0.39, 0.29) is 12.5 Å². The highest BCUT2D eigenvalue weighted by atomic mass is 19.1. The maximum absolute atomic E-state index is 12.6. The Balaban J connectivity index is 2.93. The van der Waals surface area contributed by atoms with Gasteiger partial charge in [-0.2, -0.15) is 9.37 Å². The van der Waals surface area contributed by atoms with Crippen molar-refractivity contribution < 1.29 is 13.5 Å². The summed E-state index contributed by atoms with van der Waals surface area (Å²) < 4.78 is 29.6. The molecule has 4 heteroatoms. The van der Waals surface area contributed by atoms with Gasteiger partial charge >= 0.3 is 0 Å². The molecule has 0 saturated heterocycles. The van der Waals surface area contributed by atoms with Gasteiger partial charge in [0.05, 0.1) is 6.61 Å². The molecule has 0 atom stereocenters. The van der Waals surface area contributed by atoms with E-state index in [0.717, 1.165) is 12.1 Å². The van der Waals surface area contributed by atoms with Gasteiger partial charge in [-0.05, 0) is 19.1 Å². The molecule has 2 nitrogen and oxygen atoms in total. The highest BCUT2D eigenvalue weighted by Gasteiger charge is 2.04. The Morgan fingerprint density at radius 3 is 2.82 bits per heavy atom. The predicted molar refractivity (Wildman–Crippen MR) is 35.3 cm³/mol. The summed E-state index contributed by atoms with van der Waals surface area (Å²) in [6.07, 6.45) is 0. The fourth-order valence-electron chi connectivity index (χ4n) is 0.639. The van der Waals surface area contributed by atoms with Gasteiger partial charge in [-0.25, -0.2) is 4.39 Å². The molecule has 0 spiro atoms. The molecule has 1 aromatic rings. The Bertz CT molecular complexity index is 252. The van der Waals surface area contributed by atoms with E-state index in [0.29, 0.717) is 0 Å². The molecular weight excluding hydrogens is 152 g/mol. The van der Waals surface area contributed by atoms with Crippen molar-refractivity contribution >= 4 is 0 Å². The molecule has 0 bridgehead atoms. The Kier molecular flexibility index (Phi) is 2.36. The molecule has 0 aromatic carbocycles. The van der Waals surface area contributed by atoms with Crippen molar-refractivity contribution in [3.05, 3.63) is 23.9 Å². The van der Waals surface area contributed by atoms with Crippen LogP contribution < -0.4 is 4.74 Å². The van der Waals surface area contributed by atoms with Crippen LogP contribution in [0.25, 0.3) is 0 Å².